The molecule has 1 aromatic rings. The molecule has 1 unspecified atom stereocenters. The molecule has 1 spiro atoms. The van der Waals surface area contributed by atoms with E-state index in [2.05, 4.69) is 36.2 Å². The fraction of sp³-hybridized carbons (Fsp3) is 0.500. The van der Waals surface area contributed by atoms with Gasteiger partial charge in [0.2, 0.25) is 0 Å². The van der Waals surface area contributed by atoms with Gasteiger partial charge in [0, 0.05) is 13.1 Å². The highest BCUT2D eigenvalue weighted by molar-refractivity contribution is 5.36. The monoisotopic (exact) mass is 189 g/mol. The Balaban J connectivity index is 2.05. The Kier molecular flexibility index (Phi) is 1.70. The Hall–Kier alpha value is -0.860. The normalized spacial score (nSPS) is 31.2. The summed E-state index contributed by atoms with van der Waals surface area (Å²) in [5.74, 6) is 0. The molecule has 0 radical (unpaired) electrons. The van der Waals surface area contributed by atoms with Crippen LogP contribution in [-0.4, -0.2) is 25.0 Å². The second-order valence-corrected chi connectivity index (χ2v) is 4.43. The third kappa shape index (κ3) is 1.04. The smallest absolute Gasteiger partial charge is 0.108 e. The minimum atomic E-state index is 0.0192. The molecule has 0 aromatic heterocycles. The lowest BCUT2D eigenvalue weighted by molar-refractivity contribution is -0.0280. The van der Waals surface area contributed by atoms with Gasteiger partial charge in [-0.25, -0.2) is 0 Å². The van der Waals surface area contributed by atoms with Crippen molar-refractivity contribution in [1.29, 1.82) is 0 Å². The zero-order valence-corrected chi connectivity index (χ0v) is 8.49. The van der Waals surface area contributed by atoms with Crippen LogP contribution in [0.5, 0.6) is 0 Å². The van der Waals surface area contributed by atoms with Crippen LogP contribution in [0.3, 0.4) is 0 Å². The van der Waals surface area contributed by atoms with Crippen LogP contribution in [0, 0.1) is 0 Å². The number of likely N-dealkylation sites (tertiary alicyclic amines) is 1. The highest BCUT2D eigenvalue weighted by atomic mass is 16.5. The molecule has 1 atom stereocenters. The average molecular weight is 189 g/mol. The lowest BCUT2D eigenvalue weighted by Gasteiger charge is -2.23. The predicted octanol–water partition coefficient (Wildman–Crippen LogP) is 1.75. The van der Waals surface area contributed by atoms with Gasteiger partial charge in [0.15, 0.2) is 0 Å². The summed E-state index contributed by atoms with van der Waals surface area (Å²) in [4.78, 5) is 2.35. The Morgan fingerprint density at radius 1 is 1.36 bits per heavy atom. The zero-order valence-electron chi connectivity index (χ0n) is 8.49. The molecule has 0 saturated carbocycles. The standard InChI is InChI=1S/C12H15NO/c1-13-7-6-12(9-13)11-5-3-2-4-10(11)8-14-12/h2-5H,6-9H2,1H3. The third-order valence-electron chi connectivity index (χ3n) is 3.43. The van der Waals surface area contributed by atoms with Gasteiger partial charge in [0.25, 0.3) is 0 Å². The number of likely N-dealkylation sites (N-methyl/N-ethyl adjacent to an activating group) is 1. The molecule has 3 rings (SSSR count). The summed E-state index contributed by atoms with van der Waals surface area (Å²) in [6.45, 7) is 2.99. The molecular formula is C12H15NO. The Morgan fingerprint density at radius 2 is 2.21 bits per heavy atom. The molecule has 0 amide bonds. The molecule has 0 N–H and O–H groups in total. The van der Waals surface area contributed by atoms with Crippen LogP contribution in [-0.2, 0) is 16.9 Å². The Morgan fingerprint density at radius 3 is 3.00 bits per heavy atom. The van der Waals surface area contributed by atoms with Gasteiger partial charge in [0.05, 0.1) is 6.61 Å². The fourth-order valence-electron chi connectivity index (χ4n) is 2.69. The van der Waals surface area contributed by atoms with Gasteiger partial charge in [-0.1, -0.05) is 24.3 Å². The van der Waals surface area contributed by atoms with E-state index < -0.39 is 0 Å². The minimum absolute atomic E-state index is 0.0192. The topological polar surface area (TPSA) is 12.5 Å². The van der Waals surface area contributed by atoms with Gasteiger partial charge in [-0.15, -0.1) is 0 Å². The molecule has 2 heterocycles. The van der Waals surface area contributed by atoms with E-state index in [-0.39, 0.29) is 5.60 Å². The molecule has 1 saturated heterocycles. The van der Waals surface area contributed by atoms with E-state index >= 15 is 0 Å². The zero-order chi connectivity index (χ0) is 9.60. The van der Waals surface area contributed by atoms with E-state index in [0.29, 0.717) is 0 Å². The SMILES string of the molecule is CN1CCC2(C1)OCc1ccccc12. The number of hydrogen-bond acceptors (Lipinski definition) is 2. The van der Waals surface area contributed by atoms with Crippen molar-refractivity contribution < 1.29 is 4.74 Å². The van der Waals surface area contributed by atoms with Crippen molar-refractivity contribution >= 4 is 0 Å². The first-order valence-electron chi connectivity index (χ1n) is 5.21. The lowest BCUT2D eigenvalue weighted by atomic mass is 9.92. The van der Waals surface area contributed by atoms with Gasteiger partial charge in [0.1, 0.15) is 5.60 Å². The van der Waals surface area contributed by atoms with E-state index in [4.69, 9.17) is 4.74 Å². The molecule has 14 heavy (non-hydrogen) atoms. The second-order valence-electron chi connectivity index (χ2n) is 4.43. The van der Waals surface area contributed by atoms with E-state index in [1.54, 1.807) is 0 Å². The summed E-state index contributed by atoms with van der Waals surface area (Å²) in [7, 11) is 2.17. The summed E-state index contributed by atoms with van der Waals surface area (Å²) in [5, 5.41) is 0. The van der Waals surface area contributed by atoms with Crippen molar-refractivity contribution in [3.8, 4) is 0 Å². The maximum Gasteiger partial charge on any atom is 0.108 e. The van der Waals surface area contributed by atoms with E-state index in [9.17, 15) is 0 Å². The van der Waals surface area contributed by atoms with E-state index in [1.807, 2.05) is 0 Å². The van der Waals surface area contributed by atoms with Crippen molar-refractivity contribution in [3.05, 3.63) is 35.4 Å². The number of rotatable bonds is 0. The first-order valence-corrected chi connectivity index (χ1v) is 5.21. The van der Waals surface area contributed by atoms with Gasteiger partial charge < -0.3 is 9.64 Å². The van der Waals surface area contributed by atoms with Crippen molar-refractivity contribution in [3.63, 3.8) is 0 Å². The van der Waals surface area contributed by atoms with E-state index in [1.165, 1.54) is 11.1 Å². The minimum Gasteiger partial charge on any atom is -0.364 e. The first kappa shape index (κ1) is 8.45. The molecule has 2 nitrogen and oxygen atoms in total. The van der Waals surface area contributed by atoms with Crippen molar-refractivity contribution in [2.45, 2.75) is 18.6 Å². The van der Waals surface area contributed by atoms with Crippen LogP contribution < -0.4 is 0 Å². The van der Waals surface area contributed by atoms with Gasteiger partial charge in [-0.3, -0.25) is 0 Å². The quantitative estimate of drug-likeness (QED) is 0.616. The molecular weight excluding hydrogens is 174 g/mol. The van der Waals surface area contributed by atoms with Gasteiger partial charge >= 0.3 is 0 Å². The van der Waals surface area contributed by atoms with Crippen LogP contribution in [0.15, 0.2) is 24.3 Å². The van der Waals surface area contributed by atoms with Crippen LogP contribution in [0.1, 0.15) is 17.5 Å². The molecule has 0 aliphatic carbocycles. The number of ether oxygens (including phenoxy) is 1. The summed E-state index contributed by atoms with van der Waals surface area (Å²) in [6, 6.07) is 8.62. The molecule has 2 aliphatic heterocycles. The van der Waals surface area contributed by atoms with Gasteiger partial charge in [-0.2, -0.15) is 0 Å². The third-order valence-corrected chi connectivity index (χ3v) is 3.43. The van der Waals surface area contributed by atoms with Crippen LogP contribution in [0.25, 0.3) is 0 Å². The maximum absolute atomic E-state index is 6.00. The molecule has 2 aliphatic rings. The molecule has 74 valence electrons. The van der Waals surface area contributed by atoms with Crippen LogP contribution >= 0.6 is 0 Å². The molecule has 1 fully saturated rings. The number of hydrogen-bond donors (Lipinski definition) is 0. The molecule has 2 heteroatoms. The highest BCUT2D eigenvalue weighted by Crippen LogP contribution is 2.42. The number of benzene rings is 1. The Bertz CT molecular complexity index is 359. The Labute approximate surface area is 84.5 Å². The van der Waals surface area contributed by atoms with Crippen LogP contribution in [0.4, 0.5) is 0 Å². The summed E-state index contributed by atoms with van der Waals surface area (Å²) < 4.78 is 6.00. The van der Waals surface area contributed by atoms with Crippen molar-refractivity contribution in [1.82, 2.24) is 4.90 Å². The van der Waals surface area contributed by atoms with Crippen LogP contribution in [0.2, 0.25) is 0 Å². The summed E-state index contributed by atoms with van der Waals surface area (Å²) in [6.07, 6.45) is 1.14. The lowest BCUT2D eigenvalue weighted by Crippen LogP contribution is -2.28. The first-order chi connectivity index (χ1) is 6.80. The second kappa shape index (κ2) is 2.81. The number of nitrogens with zero attached hydrogens (tertiary/aromatic N) is 1. The van der Waals surface area contributed by atoms with Gasteiger partial charge in [-0.05, 0) is 24.6 Å². The van der Waals surface area contributed by atoms with E-state index in [0.717, 1.165) is 26.1 Å². The van der Waals surface area contributed by atoms with Crippen molar-refractivity contribution in [2.24, 2.45) is 0 Å². The predicted molar refractivity (Wildman–Crippen MR) is 55.0 cm³/mol. The summed E-state index contributed by atoms with van der Waals surface area (Å²) >= 11 is 0. The highest BCUT2D eigenvalue weighted by Gasteiger charge is 2.44. The molecule has 0 bridgehead atoms. The number of fused-ring (bicyclic) bond motifs is 2. The fourth-order valence-corrected chi connectivity index (χ4v) is 2.69. The molecule has 1 aromatic carbocycles. The van der Waals surface area contributed by atoms with Crippen molar-refractivity contribution in [2.75, 3.05) is 20.1 Å². The average Bonchev–Trinajstić information content (AvgIpc) is 2.75. The maximum atomic E-state index is 6.00. The largest absolute Gasteiger partial charge is 0.364 e. The summed E-state index contributed by atoms with van der Waals surface area (Å²) in [5.41, 5.74) is 2.82.